The van der Waals surface area contributed by atoms with Crippen molar-refractivity contribution < 1.29 is 18.8 Å². The molecule has 1 saturated heterocycles. The molecule has 1 aromatic rings. The van der Waals surface area contributed by atoms with Gasteiger partial charge in [-0.25, -0.2) is 4.79 Å². The Kier molecular flexibility index (Phi) is 3.49. The monoisotopic (exact) mass is 303 g/mol. The van der Waals surface area contributed by atoms with Crippen molar-refractivity contribution in [2.24, 2.45) is 5.73 Å². The van der Waals surface area contributed by atoms with Gasteiger partial charge in [0, 0.05) is 12.8 Å². The molecule has 1 heterocycles. The Hall–Kier alpha value is -1.53. The number of benzene rings is 1. The molecule has 1 aromatic carbocycles. The number of carbonyl (C=O) groups excluding carboxylic acids is 1. The zero-order valence-electron chi connectivity index (χ0n) is 13.5. The quantitative estimate of drug-likeness (QED) is 0.842. The van der Waals surface area contributed by atoms with Crippen molar-refractivity contribution in [3.05, 3.63) is 29.3 Å². The highest BCUT2D eigenvalue weighted by atomic mass is 16.7. The van der Waals surface area contributed by atoms with Gasteiger partial charge in [-0.2, -0.15) is 0 Å². The molecule has 6 heteroatoms. The summed E-state index contributed by atoms with van der Waals surface area (Å²) in [5.41, 5.74) is 7.74. The van der Waals surface area contributed by atoms with Crippen LogP contribution in [-0.2, 0) is 26.9 Å². The van der Waals surface area contributed by atoms with Crippen LogP contribution in [0.25, 0.3) is 0 Å². The lowest BCUT2D eigenvalue weighted by Gasteiger charge is -2.32. The third kappa shape index (κ3) is 2.61. The molecule has 0 radical (unpaired) electrons. The van der Waals surface area contributed by atoms with E-state index in [0.717, 1.165) is 5.46 Å². The summed E-state index contributed by atoms with van der Waals surface area (Å²) in [5.74, 6) is 0. The third-order valence-corrected chi connectivity index (χ3v) is 4.93. The van der Waals surface area contributed by atoms with E-state index in [1.165, 1.54) is 11.1 Å². The van der Waals surface area contributed by atoms with E-state index in [0.29, 0.717) is 12.8 Å². The first-order chi connectivity index (χ1) is 10.2. The number of primary amides is 1. The van der Waals surface area contributed by atoms with Crippen LogP contribution in [0.15, 0.2) is 18.2 Å². The van der Waals surface area contributed by atoms with Crippen molar-refractivity contribution in [1.29, 1.82) is 0 Å². The molecule has 1 unspecified atom stereocenters. The van der Waals surface area contributed by atoms with Gasteiger partial charge < -0.3 is 19.8 Å². The van der Waals surface area contributed by atoms with Crippen molar-refractivity contribution >= 4 is 18.7 Å². The molecule has 1 aliphatic carbocycles. The largest absolute Gasteiger partial charge is 0.494 e. The summed E-state index contributed by atoms with van der Waals surface area (Å²) >= 11 is 0. The van der Waals surface area contributed by atoms with E-state index >= 15 is 0 Å². The summed E-state index contributed by atoms with van der Waals surface area (Å²) in [4.78, 5) is 10.9. The van der Waals surface area contributed by atoms with E-state index < -0.39 is 6.09 Å². The topological polar surface area (TPSA) is 70.8 Å². The fourth-order valence-corrected chi connectivity index (χ4v) is 2.97. The summed E-state index contributed by atoms with van der Waals surface area (Å²) in [6.45, 7) is 8.16. The Morgan fingerprint density at radius 1 is 1.18 bits per heavy atom. The number of fused-ring (bicyclic) bond motifs is 1. The molecule has 2 N–H and O–H groups in total. The molecule has 1 amide bonds. The lowest BCUT2D eigenvalue weighted by molar-refractivity contribution is 0.00578. The Morgan fingerprint density at radius 2 is 1.77 bits per heavy atom. The van der Waals surface area contributed by atoms with Crippen LogP contribution < -0.4 is 11.2 Å². The number of hydrogen-bond acceptors (Lipinski definition) is 4. The maximum Gasteiger partial charge on any atom is 0.494 e. The van der Waals surface area contributed by atoms with Crippen LogP contribution in [0, 0.1) is 0 Å². The molecule has 0 spiro atoms. The zero-order chi connectivity index (χ0) is 16.1. The first kappa shape index (κ1) is 15.4. The van der Waals surface area contributed by atoms with E-state index in [-0.39, 0.29) is 24.4 Å². The Bertz CT molecular complexity index is 598. The number of rotatable bonds is 2. The minimum absolute atomic E-state index is 0.166. The van der Waals surface area contributed by atoms with Gasteiger partial charge in [0.25, 0.3) is 0 Å². The molecule has 1 atom stereocenters. The second-order valence-corrected chi connectivity index (χ2v) is 7.08. The fraction of sp³-hybridized carbons (Fsp3) is 0.562. The van der Waals surface area contributed by atoms with Crippen LogP contribution >= 0.6 is 0 Å². The maximum atomic E-state index is 10.9. The second kappa shape index (κ2) is 5.00. The summed E-state index contributed by atoms with van der Waals surface area (Å²) in [7, 11) is -0.369. The first-order valence-corrected chi connectivity index (χ1v) is 7.61. The van der Waals surface area contributed by atoms with Crippen LogP contribution in [0.5, 0.6) is 0 Å². The van der Waals surface area contributed by atoms with Gasteiger partial charge in [0.1, 0.15) is 6.10 Å². The predicted molar refractivity (Wildman–Crippen MR) is 84.0 cm³/mol. The van der Waals surface area contributed by atoms with Gasteiger partial charge in [-0.05, 0) is 44.3 Å². The highest BCUT2D eigenvalue weighted by molar-refractivity contribution is 6.62. The summed E-state index contributed by atoms with van der Waals surface area (Å²) in [6, 6.07) is 6.16. The fourth-order valence-electron chi connectivity index (χ4n) is 2.97. The molecule has 1 fully saturated rings. The number of carbonyl (C=O) groups is 1. The van der Waals surface area contributed by atoms with Gasteiger partial charge in [0.2, 0.25) is 0 Å². The third-order valence-electron chi connectivity index (χ3n) is 4.93. The number of ether oxygens (including phenoxy) is 1. The van der Waals surface area contributed by atoms with Gasteiger partial charge in [-0.1, -0.05) is 18.2 Å². The van der Waals surface area contributed by atoms with Gasteiger partial charge in [-0.3, -0.25) is 0 Å². The number of amides is 1. The minimum Gasteiger partial charge on any atom is -0.446 e. The smallest absolute Gasteiger partial charge is 0.446 e. The average molecular weight is 303 g/mol. The summed E-state index contributed by atoms with van der Waals surface area (Å²) in [6.07, 6.45) is 0.512. The molecular formula is C16H22BNO4. The van der Waals surface area contributed by atoms with Gasteiger partial charge in [0.15, 0.2) is 0 Å². The maximum absolute atomic E-state index is 10.9. The van der Waals surface area contributed by atoms with Crippen molar-refractivity contribution in [1.82, 2.24) is 0 Å². The highest BCUT2D eigenvalue weighted by Gasteiger charge is 2.51. The van der Waals surface area contributed by atoms with Crippen LogP contribution in [0.2, 0.25) is 0 Å². The van der Waals surface area contributed by atoms with Crippen molar-refractivity contribution in [3.63, 3.8) is 0 Å². The molecule has 3 rings (SSSR count). The molecule has 2 aliphatic rings. The van der Waals surface area contributed by atoms with Crippen LogP contribution in [-0.4, -0.2) is 30.5 Å². The molecule has 22 heavy (non-hydrogen) atoms. The SMILES string of the molecule is CC1(C)OB(c2ccc3c(c2)CC(OC(N)=O)C3)OC1(C)C. The van der Waals surface area contributed by atoms with Crippen molar-refractivity contribution in [2.75, 3.05) is 0 Å². The Balaban J connectivity index is 1.78. The molecule has 118 valence electrons. The zero-order valence-corrected chi connectivity index (χ0v) is 13.5. The van der Waals surface area contributed by atoms with Crippen molar-refractivity contribution in [3.8, 4) is 0 Å². The van der Waals surface area contributed by atoms with Crippen LogP contribution in [0.4, 0.5) is 4.79 Å². The number of nitrogens with two attached hydrogens (primary N) is 1. The summed E-state index contributed by atoms with van der Waals surface area (Å²) in [5, 5.41) is 0. The van der Waals surface area contributed by atoms with Crippen LogP contribution in [0.3, 0.4) is 0 Å². The van der Waals surface area contributed by atoms with Gasteiger partial charge in [0.05, 0.1) is 11.2 Å². The summed E-state index contributed by atoms with van der Waals surface area (Å²) < 4.78 is 17.2. The molecular weight excluding hydrogens is 281 g/mol. The second-order valence-electron chi connectivity index (χ2n) is 7.08. The van der Waals surface area contributed by atoms with Gasteiger partial charge >= 0.3 is 13.2 Å². The Morgan fingerprint density at radius 3 is 2.36 bits per heavy atom. The predicted octanol–water partition coefficient (Wildman–Crippen LogP) is 1.55. The van der Waals surface area contributed by atoms with E-state index in [1.54, 1.807) is 0 Å². The molecule has 0 aromatic heterocycles. The lowest BCUT2D eigenvalue weighted by Crippen LogP contribution is -2.41. The number of hydrogen-bond donors (Lipinski definition) is 1. The first-order valence-electron chi connectivity index (χ1n) is 7.61. The average Bonchev–Trinajstić information content (AvgIpc) is 2.85. The highest BCUT2D eigenvalue weighted by Crippen LogP contribution is 2.36. The standard InChI is InChI=1S/C16H22BNO4/c1-15(2)16(3,4)22-17(21-15)12-6-5-10-8-13(20-14(18)19)9-11(10)7-12/h5-7,13H,8-9H2,1-4H3,(H2,18,19). The van der Waals surface area contributed by atoms with E-state index in [4.69, 9.17) is 19.8 Å². The molecule has 1 aliphatic heterocycles. The van der Waals surface area contributed by atoms with E-state index in [2.05, 4.69) is 12.1 Å². The van der Waals surface area contributed by atoms with E-state index in [9.17, 15) is 4.79 Å². The molecule has 5 nitrogen and oxygen atoms in total. The minimum atomic E-state index is -0.719. The lowest BCUT2D eigenvalue weighted by atomic mass is 9.78. The van der Waals surface area contributed by atoms with E-state index in [1.807, 2.05) is 33.8 Å². The van der Waals surface area contributed by atoms with Crippen molar-refractivity contribution in [2.45, 2.75) is 57.8 Å². The molecule has 0 saturated carbocycles. The van der Waals surface area contributed by atoms with Gasteiger partial charge in [-0.15, -0.1) is 0 Å². The molecule has 0 bridgehead atoms. The van der Waals surface area contributed by atoms with Crippen LogP contribution in [0.1, 0.15) is 38.8 Å². The normalized spacial score (nSPS) is 25.1. The Labute approximate surface area is 131 Å².